The van der Waals surface area contributed by atoms with Gasteiger partial charge in [0.15, 0.2) is 0 Å². The highest BCUT2D eigenvalue weighted by atomic mass is 32.1. The number of hydrogen-bond acceptors (Lipinski definition) is 6. The molecule has 0 amide bonds. The molecule has 102 valence electrons. The highest BCUT2D eigenvalue weighted by molar-refractivity contribution is 7.18. The number of nitrogens with zero attached hydrogens (tertiary/aromatic N) is 3. The van der Waals surface area contributed by atoms with Crippen molar-refractivity contribution in [2.45, 2.75) is 32.9 Å². The van der Waals surface area contributed by atoms with E-state index in [1.807, 2.05) is 0 Å². The lowest BCUT2D eigenvalue weighted by atomic mass is 10.2. The zero-order valence-electron chi connectivity index (χ0n) is 11.4. The van der Waals surface area contributed by atoms with Crippen molar-refractivity contribution in [2.75, 3.05) is 23.8 Å². The Morgan fingerprint density at radius 1 is 1.42 bits per heavy atom. The minimum Gasteiger partial charge on any atom is -0.375 e. The average Bonchev–Trinajstić information content (AvgIpc) is 2.71. The number of thiophene rings is 1. The predicted octanol–water partition coefficient (Wildman–Crippen LogP) is 2.20. The van der Waals surface area contributed by atoms with Gasteiger partial charge in [0.2, 0.25) is 5.95 Å². The highest BCUT2D eigenvalue weighted by Gasteiger charge is 2.26. The number of fused-ring (bicyclic) bond motifs is 1. The van der Waals surface area contributed by atoms with E-state index in [-0.39, 0.29) is 6.10 Å². The first-order chi connectivity index (χ1) is 9.04. The lowest BCUT2D eigenvalue weighted by Gasteiger charge is -2.37. The maximum atomic E-state index is 5.85. The Bertz CT molecular complexity index is 612. The number of anilines is 2. The van der Waals surface area contributed by atoms with E-state index in [0.717, 1.165) is 29.2 Å². The lowest BCUT2D eigenvalue weighted by Crippen LogP contribution is -2.47. The first-order valence-corrected chi connectivity index (χ1v) is 7.28. The van der Waals surface area contributed by atoms with Crippen molar-refractivity contribution in [1.82, 2.24) is 9.97 Å². The van der Waals surface area contributed by atoms with Gasteiger partial charge in [-0.25, -0.2) is 4.98 Å². The Balaban J connectivity index is 2.12. The number of nitrogen functional groups attached to an aromatic ring is 1. The molecule has 1 aliphatic heterocycles. The fourth-order valence-corrected chi connectivity index (χ4v) is 3.34. The van der Waals surface area contributed by atoms with Crippen LogP contribution in [-0.2, 0) is 4.74 Å². The van der Waals surface area contributed by atoms with E-state index in [1.165, 1.54) is 4.88 Å². The Labute approximate surface area is 116 Å². The topological polar surface area (TPSA) is 64.3 Å². The van der Waals surface area contributed by atoms with Crippen LogP contribution in [0.2, 0.25) is 0 Å². The van der Waals surface area contributed by atoms with Crippen LogP contribution in [0.15, 0.2) is 6.07 Å². The van der Waals surface area contributed by atoms with Crippen LogP contribution in [0, 0.1) is 6.92 Å². The van der Waals surface area contributed by atoms with Crippen molar-refractivity contribution in [3.63, 3.8) is 0 Å². The van der Waals surface area contributed by atoms with Crippen LogP contribution in [0.4, 0.5) is 11.8 Å². The van der Waals surface area contributed by atoms with E-state index in [9.17, 15) is 0 Å². The largest absolute Gasteiger partial charge is 0.375 e. The summed E-state index contributed by atoms with van der Waals surface area (Å²) >= 11 is 1.66. The van der Waals surface area contributed by atoms with Crippen molar-refractivity contribution in [3.05, 3.63) is 10.9 Å². The van der Waals surface area contributed by atoms with Crippen molar-refractivity contribution in [2.24, 2.45) is 0 Å². The first kappa shape index (κ1) is 12.6. The third-order valence-electron chi connectivity index (χ3n) is 3.39. The van der Waals surface area contributed by atoms with Crippen LogP contribution < -0.4 is 10.6 Å². The predicted molar refractivity (Wildman–Crippen MR) is 78.8 cm³/mol. The van der Waals surface area contributed by atoms with Gasteiger partial charge in [0.25, 0.3) is 0 Å². The van der Waals surface area contributed by atoms with E-state index in [0.29, 0.717) is 12.0 Å². The molecule has 0 spiro atoms. The standard InChI is InChI=1S/C13H18N4OS/c1-7-6-18-8(2)5-17(7)11-10-4-9(3)19-12(10)16-13(14)15-11/h4,7-8H,5-6H2,1-3H3,(H2,14,15,16). The van der Waals surface area contributed by atoms with E-state index in [2.05, 4.69) is 41.7 Å². The monoisotopic (exact) mass is 278 g/mol. The highest BCUT2D eigenvalue weighted by Crippen LogP contribution is 2.33. The molecule has 6 heteroatoms. The molecule has 0 radical (unpaired) electrons. The van der Waals surface area contributed by atoms with Gasteiger partial charge in [-0.3, -0.25) is 0 Å². The third kappa shape index (κ3) is 2.26. The van der Waals surface area contributed by atoms with Crippen LogP contribution in [0.3, 0.4) is 0 Å². The van der Waals surface area contributed by atoms with E-state index >= 15 is 0 Å². The van der Waals surface area contributed by atoms with E-state index in [1.54, 1.807) is 11.3 Å². The van der Waals surface area contributed by atoms with Gasteiger partial charge >= 0.3 is 0 Å². The van der Waals surface area contributed by atoms with Gasteiger partial charge in [0.05, 0.1) is 24.1 Å². The molecule has 3 heterocycles. The quantitative estimate of drug-likeness (QED) is 0.866. The second-order valence-corrected chi connectivity index (χ2v) is 6.36. The normalized spacial score (nSPS) is 24.1. The molecule has 0 saturated carbocycles. The Morgan fingerprint density at radius 3 is 3.00 bits per heavy atom. The van der Waals surface area contributed by atoms with E-state index in [4.69, 9.17) is 10.5 Å². The fourth-order valence-electron chi connectivity index (χ4n) is 2.46. The molecular weight excluding hydrogens is 260 g/mol. The number of hydrogen-bond donors (Lipinski definition) is 1. The maximum absolute atomic E-state index is 5.85. The fraction of sp³-hybridized carbons (Fsp3) is 0.538. The van der Waals surface area contributed by atoms with Crippen LogP contribution >= 0.6 is 11.3 Å². The molecule has 3 rings (SSSR count). The molecular formula is C13H18N4OS. The zero-order chi connectivity index (χ0) is 13.6. The molecule has 19 heavy (non-hydrogen) atoms. The summed E-state index contributed by atoms with van der Waals surface area (Å²) in [5.74, 6) is 1.28. The second kappa shape index (κ2) is 4.61. The summed E-state index contributed by atoms with van der Waals surface area (Å²) in [4.78, 5) is 13.3. The molecule has 1 aliphatic rings. The zero-order valence-corrected chi connectivity index (χ0v) is 12.2. The molecule has 0 bridgehead atoms. The van der Waals surface area contributed by atoms with Crippen molar-refractivity contribution in [3.8, 4) is 0 Å². The Hall–Kier alpha value is -1.40. The molecule has 2 unspecified atom stereocenters. The molecule has 2 N–H and O–H groups in total. The number of aromatic nitrogens is 2. The number of rotatable bonds is 1. The minimum atomic E-state index is 0.210. The smallest absolute Gasteiger partial charge is 0.223 e. The Kier molecular flexibility index (Phi) is 3.06. The van der Waals surface area contributed by atoms with Crippen LogP contribution in [0.5, 0.6) is 0 Å². The Morgan fingerprint density at radius 2 is 2.21 bits per heavy atom. The first-order valence-electron chi connectivity index (χ1n) is 6.46. The van der Waals surface area contributed by atoms with Gasteiger partial charge in [-0.15, -0.1) is 11.3 Å². The number of morpholine rings is 1. The van der Waals surface area contributed by atoms with Gasteiger partial charge in [-0.2, -0.15) is 4.98 Å². The summed E-state index contributed by atoms with van der Waals surface area (Å²) in [7, 11) is 0. The third-order valence-corrected chi connectivity index (χ3v) is 4.34. The molecule has 2 aromatic heterocycles. The summed E-state index contributed by atoms with van der Waals surface area (Å²) in [6.45, 7) is 7.86. The molecule has 0 aliphatic carbocycles. The summed E-state index contributed by atoms with van der Waals surface area (Å²) in [5.41, 5.74) is 5.85. The van der Waals surface area contributed by atoms with Crippen molar-refractivity contribution in [1.29, 1.82) is 0 Å². The van der Waals surface area contributed by atoms with Gasteiger partial charge in [-0.1, -0.05) is 0 Å². The molecule has 0 aromatic carbocycles. The van der Waals surface area contributed by atoms with Crippen LogP contribution in [-0.4, -0.2) is 35.3 Å². The van der Waals surface area contributed by atoms with Gasteiger partial charge in [-0.05, 0) is 26.8 Å². The van der Waals surface area contributed by atoms with Crippen molar-refractivity contribution >= 4 is 33.3 Å². The van der Waals surface area contributed by atoms with Gasteiger partial charge < -0.3 is 15.4 Å². The second-order valence-electron chi connectivity index (χ2n) is 5.13. The summed E-state index contributed by atoms with van der Waals surface area (Å²) in [5, 5.41) is 1.10. The number of ether oxygens (including phenoxy) is 1. The number of aryl methyl sites for hydroxylation is 1. The minimum absolute atomic E-state index is 0.210. The SMILES string of the molecule is Cc1cc2c(N3CC(C)OCC3C)nc(N)nc2s1. The molecule has 1 saturated heterocycles. The molecule has 5 nitrogen and oxygen atoms in total. The summed E-state index contributed by atoms with van der Waals surface area (Å²) < 4.78 is 5.68. The maximum Gasteiger partial charge on any atom is 0.223 e. The lowest BCUT2D eigenvalue weighted by molar-refractivity contribution is 0.0342. The molecule has 1 fully saturated rings. The van der Waals surface area contributed by atoms with E-state index < -0.39 is 0 Å². The summed E-state index contributed by atoms with van der Waals surface area (Å²) in [6, 6.07) is 2.44. The van der Waals surface area contributed by atoms with Crippen LogP contribution in [0.25, 0.3) is 10.2 Å². The number of nitrogens with two attached hydrogens (primary N) is 1. The average molecular weight is 278 g/mol. The van der Waals surface area contributed by atoms with Gasteiger partial charge in [0.1, 0.15) is 10.6 Å². The molecule has 2 aromatic rings. The van der Waals surface area contributed by atoms with Gasteiger partial charge in [0, 0.05) is 11.4 Å². The van der Waals surface area contributed by atoms with Crippen LogP contribution in [0.1, 0.15) is 18.7 Å². The summed E-state index contributed by atoms with van der Waals surface area (Å²) in [6.07, 6.45) is 0.210. The van der Waals surface area contributed by atoms with Crippen molar-refractivity contribution < 1.29 is 4.74 Å². The molecule has 2 atom stereocenters.